The van der Waals surface area contributed by atoms with Gasteiger partial charge in [-0.2, -0.15) is 13.2 Å². The highest BCUT2D eigenvalue weighted by Crippen LogP contribution is 2.33. The highest BCUT2D eigenvalue weighted by Gasteiger charge is 2.36. The number of hydrazine groups is 1. The molecule has 0 unspecified atom stereocenters. The number of nitrogens with one attached hydrogen (secondary N) is 3. The normalized spacial score (nSPS) is 11.4. The van der Waals surface area contributed by atoms with Gasteiger partial charge in [0.1, 0.15) is 5.52 Å². The van der Waals surface area contributed by atoms with Gasteiger partial charge in [0.25, 0.3) is 11.8 Å². The Morgan fingerprint density at radius 2 is 1.87 bits per heavy atom. The number of carbonyl (C=O) groups excluding carboxylic acids is 2. The van der Waals surface area contributed by atoms with E-state index in [0.29, 0.717) is 21.3 Å². The zero-order valence-corrected chi connectivity index (χ0v) is 20.6. The molecule has 0 atom stereocenters. The van der Waals surface area contributed by atoms with Gasteiger partial charge < -0.3 is 20.7 Å². The number of hydrogen-bond donors (Lipinski definition) is 5. The summed E-state index contributed by atoms with van der Waals surface area (Å²) < 4.78 is 40.5. The Hall–Kier alpha value is -4.13. The van der Waals surface area contributed by atoms with E-state index in [1.165, 1.54) is 18.2 Å². The molecule has 0 aliphatic heterocycles. The van der Waals surface area contributed by atoms with Crippen LogP contribution >= 0.6 is 11.6 Å². The van der Waals surface area contributed by atoms with Crippen molar-refractivity contribution >= 4 is 51.8 Å². The van der Waals surface area contributed by atoms with E-state index in [4.69, 9.17) is 22.6 Å². The quantitative estimate of drug-likeness (QED) is 0.129. The number of nitrogens with two attached hydrogens (primary N) is 1. The number of amides is 2. The predicted molar refractivity (Wildman–Crippen MR) is 138 cm³/mol. The molecule has 0 bridgehead atoms. The number of rotatable bonds is 7. The number of aromatic amines is 1. The monoisotopic (exact) mass is 546 g/mol. The third-order valence-electron chi connectivity index (χ3n) is 5.70. The van der Waals surface area contributed by atoms with Gasteiger partial charge in [0.2, 0.25) is 5.95 Å². The summed E-state index contributed by atoms with van der Waals surface area (Å²) in [7, 11) is 0. The summed E-state index contributed by atoms with van der Waals surface area (Å²) in [5.74, 6) is 4.47. The van der Waals surface area contributed by atoms with Gasteiger partial charge in [-0.25, -0.2) is 15.8 Å². The van der Waals surface area contributed by atoms with Crippen molar-refractivity contribution in [2.45, 2.75) is 13.1 Å². The number of aliphatic hydroxyl groups excluding tert-OH is 1. The molecular weight excluding hydrogens is 525 g/mol. The largest absolute Gasteiger partial charge is 0.417 e. The predicted octanol–water partition coefficient (Wildman–Crippen LogP) is 4.72. The number of imidazole rings is 1. The average Bonchev–Trinajstić information content (AvgIpc) is 3.31. The summed E-state index contributed by atoms with van der Waals surface area (Å²) in [6.45, 7) is 1.69. The summed E-state index contributed by atoms with van der Waals surface area (Å²) in [6, 6.07) is 11.8. The molecule has 0 saturated carbocycles. The Morgan fingerprint density at radius 3 is 2.58 bits per heavy atom. The zero-order valence-electron chi connectivity index (χ0n) is 19.9. The van der Waals surface area contributed by atoms with E-state index < -0.39 is 29.1 Å². The number of alkyl halides is 3. The number of benzene rings is 3. The number of aliphatic hydroxyl groups is 1. The minimum absolute atomic E-state index is 0.0162. The molecular formula is C25H22ClF3N6O3. The van der Waals surface area contributed by atoms with Crippen LogP contribution in [-0.4, -0.2) is 40.0 Å². The minimum Gasteiger partial charge on any atom is -0.395 e. The van der Waals surface area contributed by atoms with Crippen LogP contribution in [0.1, 0.15) is 31.8 Å². The van der Waals surface area contributed by atoms with E-state index in [-0.39, 0.29) is 41.4 Å². The Balaban J connectivity index is 1.79. The smallest absolute Gasteiger partial charge is 0.395 e. The minimum atomic E-state index is -4.78. The molecule has 0 aliphatic rings. The van der Waals surface area contributed by atoms with E-state index in [9.17, 15) is 22.8 Å². The lowest BCUT2D eigenvalue weighted by Crippen LogP contribution is -2.38. The summed E-state index contributed by atoms with van der Waals surface area (Å²) >= 11 is 6.16. The molecule has 0 spiro atoms. The first-order chi connectivity index (χ1) is 18.0. The van der Waals surface area contributed by atoms with Gasteiger partial charge >= 0.3 is 6.18 Å². The Morgan fingerprint density at radius 1 is 1.13 bits per heavy atom. The third-order valence-corrected chi connectivity index (χ3v) is 6.11. The molecule has 1 heterocycles. The maximum atomic E-state index is 13.5. The molecule has 38 heavy (non-hydrogen) atoms. The number of halogens is 4. The van der Waals surface area contributed by atoms with Crippen molar-refractivity contribution in [1.29, 1.82) is 0 Å². The van der Waals surface area contributed by atoms with Gasteiger partial charge in [0.05, 0.1) is 34.5 Å². The maximum Gasteiger partial charge on any atom is 0.417 e. The van der Waals surface area contributed by atoms with Crippen LogP contribution in [0.4, 0.5) is 30.5 Å². The lowest BCUT2D eigenvalue weighted by atomic mass is 10.1. The first kappa shape index (κ1) is 26.9. The Kier molecular flexibility index (Phi) is 7.58. The molecule has 4 rings (SSSR count). The number of carbonyl (C=O) groups is 2. The molecule has 3 aromatic carbocycles. The Bertz CT molecular complexity index is 1520. The zero-order chi connectivity index (χ0) is 27.6. The van der Waals surface area contributed by atoms with Gasteiger partial charge in [-0.15, -0.1) is 0 Å². The number of aromatic nitrogens is 2. The van der Waals surface area contributed by atoms with Crippen LogP contribution in [0.25, 0.3) is 11.0 Å². The first-order valence-electron chi connectivity index (χ1n) is 11.2. The SMILES string of the molecule is Cc1c(Cl)cccc1NC(=O)c1cc(N(N)C(=O)c2ccccc2C(F)(F)F)cc2[nH]c(NCCO)nc12. The number of H-pyrrole nitrogens is 1. The summed E-state index contributed by atoms with van der Waals surface area (Å²) in [6.07, 6.45) is -4.78. The van der Waals surface area contributed by atoms with Crippen molar-refractivity contribution in [3.63, 3.8) is 0 Å². The lowest BCUT2D eigenvalue weighted by Gasteiger charge is -2.20. The lowest BCUT2D eigenvalue weighted by molar-refractivity contribution is -0.137. The van der Waals surface area contributed by atoms with E-state index in [1.54, 1.807) is 25.1 Å². The van der Waals surface area contributed by atoms with Crippen LogP contribution in [-0.2, 0) is 6.18 Å². The second-order valence-corrected chi connectivity index (χ2v) is 8.62. The van der Waals surface area contributed by atoms with Crippen LogP contribution < -0.4 is 21.5 Å². The molecule has 0 fully saturated rings. The van der Waals surface area contributed by atoms with Crippen LogP contribution in [0.3, 0.4) is 0 Å². The third kappa shape index (κ3) is 5.42. The van der Waals surface area contributed by atoms with E-state index in [0.717, 1.165) is 18.2 Å². The number of nitrogens with zero attached hydrogens (tertiary/aromatic N) is 2. The van der Waals surface area contributed by atoms with Gasteiger partial charge in [-0.05, 0) is 48.9 Å². The number of fused-ring (bicyclic) bond motifs is 1. The molecule has 0 saturated heterocycles. The van der Waals surface area contributed by atoms with E-state index in [2.05, 4.69) is 20.6 Å². The molecule has 4 aromatic rings. The van der Waals surface area contributed by atoms with Gasteiger partial charge in [0.15, 0.2) is 0 Å². The van der Waals surface area contributed by atoms with Crippen LogP contribution in [0.5, 0.6) is 0 Å². The fourth-order valence-corrected chi connectivity index (χ4v) is 3.94. The highest BCUT2D eigenvalue weighted by molar-refractivity contribution is 6.31. The fraction of sp³-hybridized carbons (Fsp3) is 0.160. The first-order valence-corrected chi connectivity index (χ1v) is 11.6. The van der Waals surface area contributed by atoms with Gasteiger partial charge in [-0.3, -0.25) is 9.59 Å². The molecule has 1 aromatic heterocycles. The maximum absolute atomic E-state index is 13.5. The molecule has 13 heteroatoms. The van der Waals surface area contributed by atoms with Crippen molar-refractivity contribution in [3.8, 4) is 0 Å². The second kappa shape index (κ2) is 10.7. The summed E-state index contributed by atoms with van der Waals surface area (Å²) in [5.41, 5.74) is -0.379. The molecule has 2 amide bonds. The molecule has 0 aliphatic carbocycles. The van der Waals surface area contributed by atoms with E-state index >= 15 is 0 Å². The molecule has 198 valence electrons. The van der Waals surface area contributed by atoms with Crippen LogP contribution in [0.2, 0.25) is 5.02 Å². The van der Waals surface area contributed by atoms with Crippen LogP contribution in [0.15, 0.2) is 54.6 Å². The van der Waals surface area contributed by atoms with Crippen LogP contribution in [0, 0.1) is 6.92 Å². The highest BCUT2D eigenvalue weighted by atomic mass is 35.5. The van der Waals surface area contributed by atoms with Gasteiger partial charge in [0, 0.05) is 17.3 Å². The summed E-state index contributed by atoms with van der Waals surface area (Å²) in [4.78, 5) is 33.7. The fourth-order valence-electron chi connectivity index (χ4n) is 3.77. The van der Waals surface area contributed by atoms with Crippen molar-refractivity contribution in [2.75, 3.05) is 28.8 Å². The van der Waals surface area contributed by atoms with Gasteiger partial charge in [-0.1, -0.05) is 29.8 Å². The molecule has 9 nitrogen and oxygen atoms in total. The summed E-state index contributed by atoms with van der Waals surface area (Å²) in [5, 5.41) is 15.6. The second-order valence-electron chi connectivity index (χ2n) is 8.21. The molecule has 0 radical (unpaired) electrons. The van der Waals surface area contributed by atoms with Crippen molar-refractivity contribution < 1.29 is 27.9 Å². The Labute approximate surface area is 219 Å². The van der Waals surface area contributed by atoms with Crippen molar-refractivity contribution in [3.05, 3.63) is 81.9 Å². The van der Waals surface area contributed by atoms with Crippen molar-refractivity contribution in [1.82, 2.24) is 9.97 Å². The van der Waals surface area contributed by atoms with E-state index in [1.807, 2.05) is 0 Å². The molecule has 6 N–H and O–H groups in total. The standard InChI is InChI=1S/C25H22ClF3N6O3/c1-13-18(26)7-4-8-19(13)32-22(37)16-11-14(12-20-21(16)34-24(33-20)31-9-10-36)35(30)23(38)15-5-2-3-6-17(15)25(27,28)29/h2-8,11-12,36H,9-10,30H2,1H3,(H,32,37)(H2,31,33,34). The average molecular weight is 547 g/mol. The van der Waals surface area contributed by atoms with Crippen molar-refractivity contribution in [2.24, 2.45) is 5.84 Å². The number of hydrogen-bond acceptors (Lipinski definition) is 6. The number of anilines is 3. The topological polar surface area (TPSA) is 136 Å².